The van der Waals surface area contributed by atoms with Crippen LogP contribution in [0.3, 0.4) is 0 Å². The van der Waals surface area contributed by atoms with E-state index in [-0.39, 0.29) is 0 Å². The lowest BCUT2D eigenvalue weighted by Gasteiger charge is -2.29. The topological polar surface area (TPSA) is 83.5 Å². The van der Waals surface area contributed by atoms with Crippen molar-refractivity contribution in [3.63, 3.8) is 0 Å². The van der Waals surface area contributed by atoms with Crippen molar-refractivity contribution < 1.29 is 27.1 Å². The average molecular weight is 319 g/mol. The Bertz CT molecular complexity index is 627. The first-order valence-corrected chi connectivity index (χ1v) is 8.00. The van der Waals surface area contributed by atoms with E-state index in [0.717, 1.165) is 18.2 Å². The molecule has 0 amide bonds. The van der Waals surface area contributed by atoms with Gasteiger partial charge in [0.1, 0.15) is 11.6 Å². The molecule has 0 heterocycles. The van der Waals surface area contributed by atoms with E-state index in [2.05, 4.69) is 4.72 Å². The van der Waals surface area contributed by atoms with Gasteiger partial charge in [-0.1, -0.05) is 18.9 Å². The fourth-order valence-corrected chi connectivity index (χ4v) is 4.01. The van der Waals surface area contributed by atoms with Gasteiger partial charge in [-0.3, -0.25) is 4.79 Å². The highest BCUT2D eigenvalue weighted by molar-refractivity contribution is 7.89. The Kier molecular flexibility index (Phi) is 4.58. The lowest BCUT2D eigenvalue weighted by molar-refractivity contribution is -0.143. The van der Waals surface area contributed by atoms with Crippen LogP contribution in [0.4, 0.5) is 8.78 Å². The van der Waals surface area contributed by atoms with Crippen LogP contribution < -0.4 is 4.72 Å². The highest BCUT2D eigenvalue weighted by atomic mass is 32.2. The number of rotatable bonds is 4. The predicted octanol–water partition coefficient (Wildman–Crippen LogP) is 1.89. The minimum atomic E-state index is -4.45. The van der Waals surface area contributed by atoms with Crippen LogP contribution in [0.2, 0.25) is 0 Å². The largest absolute Gasteiger partial charge is 0.481 e. The molecule has 116 valence electrons. The zero-order valence-corrected chi connectivity index (χ0v) is 11.9. The van der Waals surface area contributed by atoms with Gasteiger partial charge in [-0.05, 0) is 25.0 Å². The molecule has 2 N–H and O–H groups in total. The van der Waals surface area contributed by atoms with Crippen molar-refractivity contribution in [2.24, 2.45) is 5.92 Å². The van der Waals surface area contributed by atoms with Crippen molar-refractivity contribution in [3.8, 4) is 0 Å². The normalized spacial score (nSPS) is 23.0. The van der Waals surface area contributed by atoms with Crippen molar-refractivity contribution >= 4 is 16.0 Å². The molecule has 1 saturated carbocycles. The zero-order valence-electron chi connectivity index (χ0n) is 11.1. The number of hydrogen-bond acceptors (Lipinski definition) is 3. The number of nitrogens with one attached hydrogen (secondary N) is 1. The summed E-state index contributed by atoms with van der Waals surface area (Å²) < 4.78 is 53.5. The van der Waals surface area contributed by atoms with E-state index < -0.39 is 44.5 Å². The third-order valence-corrected chi connectivity index (χ3v) is 5.12. The fourth-order valence-electron chi connectivity index (χ4n) is 2.56. The van der Waals surface area contributed by atoms with E-state index >= 15 is 0 Å². The summed E-state index contributed by atoms with van der Waals surface area (Å²) in [6.45, 7) is 0. The maximum absolute atomic E-state index is 13.6. The molecule has 1 aliphatic carbocycles. The van der Waals surface area contributed by atoms with Crippen LogP contribution >= 0.6 is 0 Å². The van der Waals surface area contributed by atoms with Crippen molar-refractivity contribution in [1.29, 1.82) is 0 Å². The number of benzene rings is 1. The SMILES string of the molecule is O=C(O)C1CCCCC1NS(=O)(=O)c1c(F)cccc1F. The van der Waals surface area contributed by atoms with Crippen molar-refractivity contribution in [2.75, 3.05) is 0 Å². The quantitative estimate of drug-likeness (QED) is 0.887. The van der Waals surface area contributed by atoms with Gasteiger partial charge < -0.3 is 5.11 Å². The zero-order chi connectivity index (χ0) is 15.6. The Hall–Kier alpha value is -1.54. The Morgan fingerprint density at radius 1 is 1.19 bits per heavy atom. The molecule has 1 aromatic carbocycles. The van der Waals surface area contributed by atoms with Crippen LogP contribution in [0.15, 0.2) is 23.1 Å². The molecule has 2 rings (SSSR count). The van der Waals surface area contributed by atoms with Crippen molar-refractivity contribution in [2.45, 2.75) is 36.6 Å². The van der Waals surface area contributed by atoms with Crippen LogP contribution in [0.5, 0.6) is 0 Å². The molecule has 1 aliphatic rings. The summed E-state index contributed by atoms with van der Waals surface area (Å²) in [5.41, 5.74) is 0. The second kappa shape index (κ2) is 6.07. The fraction of sp³-hybridized carbons (Fsp3) is 0.462. The third kappa shape index (κ3) is 3.38. The Morgan fingerprint density at radius 2 is 1.76 bits per heavy atom. The Labute approximate surface area is 121 Å². The van der Waals surface area contributed by atoms with Gasteiger partial charge in [-0.25, -0.2) is 21.9 Å². The summed E-state index contributed by atoms with van der Waals surface area (Å²) in [6.07, 6.45) is 2.01. The van der Waals surface area contributed by atoms with E-state index in [9.17, 15) is 22.0 Å². The van der Waals surface area contributed by atoms with Crippen LogP contribution in [-0.2, 0) is 14.8 Å². The number of aliphatic carboxylic acids is 1. The van der Waals surface area contributed by atoms with Gasteiger partial charge in [0.25, 0.3) is 0 Å². The van der Waals surface area contributed by atoms with E-state index in [4.69, 9.17) is 5.11 Å². The molecule has 5 nitrogen and oxygen atoms in total. The van der Waals surface area contributed by atoms with Crippen molar-refractivity contribution in [1.82, 2.24) is 4.72 Å². The first-order valence-electron chi connectivity index (χ1n) is 6.52. The summed E-state index contributed by atoms with van der Waals surface area (Å²) in [5, 5.41) is 9.10. The minimum Gasteiger partial charge on any atom is -0.481 e. The summed E-state index contributed by atoms with van der Waals surface area (Å²) in [5.74, 6) is -4.41. The van der Waals surface area contributed by atoms with Gasteiger partial charge in [0, 0.05) is 6.04 Å². The molecule has 0 radical (unpaired) electrons. The van der Waals surface area contributed by atoms with Gasteiger partial charge in [0.15, 0.2) is 4.90 Å². The molecule has 0 aliphatic heterocycles. The number of carbonyl (C=O) groups is 1. The maximum Gasteiger partial charge on any atom is 0.308 e. The minimum absolute atomic E-state index is 0.326. The number of carboxylic acids is 1. The lowest BCUT2D eigenvalue weighted by Crippen LogP contribution is -2.45. The summed E-state index contributed by atoms with van der Waals surface area (Å²) in [4.78, 5) is 10.1. The van der Waals surface area contributed by atoms with Crippen LogP contribution in [0.1, 0.15) is 25.7 Å². The van der Waals surface area contributed by atoms with Gasteiger partial charge >= 0.3 is 5.97 Å². The Balaban J connectivity index is 2.30. The number of hydrogen-bond donors (Lipinski definition) is 2. The lowest BCUT2D eigenvalue weighted by atomic mass is 9.85. The van der Waals surface area contributed by atoms with Gasteiger partial charge in [-0.2, -0.15) is 0 Å². The van der Waals surface area contributed by atoms with Crippen molar-refractivity contribution in [3.05, 3.63) is 29.8 Å². The second-order valence-electron chi connectivity index (χ2n) is 5.01. The highest BCUT2D eigenvalue weighted by Crippen LogP contribution is 2.27. The maximum atomic E-state index is 13.6. The number of sulfonamides is 1. The first-order chi connectivity index (χ1) is 9.83. The van der Waals surface area contributed by atoms with E-state index in [1.807, 2.05) is 0 Å². The van der Waals surface area contributed by atoms with Gasteiger partial charge in [0.05, 0.1) is 5.92 Å². The van der Waals surface area contributed by atoms with Gasteiger partial charge in [-0.15, -0.1) is 0 Å². The third-order valence-electron chi connectivity index (χ3n) is 3.58. The molecule has 0 saturated heterocycles. The Morgan fingerprint density at radius 3 is 2.33 bits per heavy atom. The summed E-state index contributed by atoms with van der Waals surface area (Å²) >= 11 is 0. The standard InChI is InChI=1S/C13H15F2NO4S/c14-9-5-3-6-10(15)12(9)21(19,20)16-11-7-2-1-4-8(11)13(17)18/h3,5-6,8,11,16H,1-2,4,7H2,(H,17,18). The predicted molar refractivity (Wildman–Crippen MR) is 70.1 cm³/mol. The first kappa shape index (κ1) is 15.8. The number of carboxylic acid groups (broad SMARTS) is 1. The molecule has 0 spiro atoms. The second-order valence-corrected chi connectivity index (χ2v) is 6.66. The van der Waals surface area contributed by atoms with Crippen LogP contribution in [-0.4, -0.2) is 25.5 Å². The molecule has 8 heteroatoms. The molecule has 2 atom stereocenters. The van der Waals surface area contributed by atoms with Gasteiger partial charge in [0.2, 0.25) is 10.0 Å². The van der Waals surface area contributed by atoms with E-state index in [0.29, 0.717) is 25.7 Å². The van der Waals surface area contributed by atoms with Crippen LogP contribution in [0.25, 0.3) is 0 Å². The molecule has 1 aromatic rings. The molecule has 0 aromatic heterocycles. The van der Waals surface area contributed by atoms with Crippen LogP contribution in [0, 0.1) is 17.6 Å². The molecule has 0 bridgehead atoms. The number of halogens is 2. The average Bonchev–Trinajstić information content (AvgIpc) is 2.37. The monoisotopic (exact) mass is 319 g/mol. The molecule has 1 fully saturated rings. The molecular formula is C13H15F2NO4S. The van der Waals surface area contributed by atoms with E-state index in [1.54, 1.807) is 0 Å². The smallest absolute Gasteiger partial charge is 0.308 e. The molecule has 2 unspecified atom stereocenters. The highest BCUT2D eigenvalue weighted by Gasteiger charge is 2.35. The summed E-state index contributed by atoms with van der Waals surface area (Å²) in [7, 11) is -4.45. The molecular weight excluding hydrogens is 304 g/mol. The molecule has 21 heavy (non-hydrogen) atoms. The van der Waals surface area contributed by atoms with E-state index in [1.165, 1.54) is 0 Å². The summed E-state index contributed by atoms with van der Waals surface area (Å²) in [6, 6.07) is 1.88.